The predicted octanol–water partition coefficient (Wildman–Crippen LogP) is 3.75. The second-order valence-corrected chi connectivity index (χ2v) is 6.38. The Bertz CT molecular complexity index is 1060. The quantitative estimate of drug-likeness (QED) is 0.528. The van der Waals surface area contributed by atoms with Crippen LogP contribution in [0.4, 0.5) is 5.82 Å². The van der Waals surface area contributed by atoms with Gasteiger partial charge in [0.2, 0.25) is 5.71 Å². The van der Waals surface area contributed by atoms with Gasteiger partial charge in [-0.3, -0.25) is 0 Å². The summed E-state index contributed by atoms with van der Waals surface area (Å²) in [6.45, 7) is 6.52. The number of anilines is 1. The molecule has 6 heteroatoms. The molecule has 1 atom stereocenters. The number of nitrogens with two attached hydrogens (primary N) is 1. The molecule has 0 aliphatic heterocycles. The van der Waals surface area contributed by atoms with Gasteiger partial charge in [0.05, 0.1) is 17.4 Å². The summed E-state index contributed by atoms with van der Waals surface area (Å²) in [7, 11) is 0. The lowest BCUT2D eigenvalue weighted by Crippen LogP contribution is -2.20. The average Bonchev–Trinajstić information content (AvgIpc) is 3.17. The molecule has 0 spiro atoms. The number of aryl methyl sites for hydroxylation is 2. The number of nitrogens with zero attached hydrogens (tertiary/aromatic N) is 2. The van der Waals surface area contributed by atoms with Crippen LogP contribution in [0.1, 0.15) is 35.7 Å². The number of para-hydroxylation sites is 1. The molecule has 0 radical (unpaired) electrons. The molecular weight excluding hydrogens is 314 g/mol. The van der Waals surface area contributed by atoms with Crippen LogP contribution in [0, 0.1) is 13.8 Å². The molecular formula is C19H21N5O. The third-order valence-corrected chi connectivity index (χ3v) is 4.76. The summed E-state index contributed by atoms with van der Waals surface area (Å²) in [5.41, 5.74) is 10.0. The third kappa shape index (κ3) is 2.64. The highest BCUT2D eigenvalue weighted by atomic mass is 16.3. The third-order valence-electron chi connectivity index (χ3n) is 4.76. The summed E-state index contributed by atoms with van der Waals surface area (Å²) in [5.74, 6) is 1.92. The first-order valence-corrected chi connectivity index (χ1v) is 8.36. The van der Waals surface area contributed by atoms with Gasteiger partial charge in [-0.25, -0.2) is 4.98 Å². The normalized spacial score (nSPS) is 12.9. The van der Waals surface area contributed by atoms with E-state index in [1.807, 2.05) is 20.0 Å². The lowest BCUT2D eigenvalue weighted by Gasteiger charge is -2.15. The van der Waals surface area contributed by atoms with E-state index in [4.69, 9.17) is 10.2 Å². The zero-order valence-electron chi connectivity index (χ0n) is 14.6. The van der Waals surface area contributed by atoms with Crippen molar-refractivity contribution in [3.05, 3.63) is 53.2 Å². The van der Waals surface area contributed by atoms with Crippen LogP contribution in [0.2, 0.25) is 0 Å². The Morgan fingerprint density at radius 2 is 2.08 bits per heavy atom. The second-order valence-electron chi connectivity index (χ2n) is 6.38. The minimum absolute atomic E-state index is 0.142. The SMILES string of the molecule is Cc1oc2nc(CNC(C)c3cccc4cc[nH]c34)nc(N)c2c1C. The molecule has 25 heavy (non-hydrogen) atoms. The fraction of sp³-hybridized carbons (Fsp3) is 0.263. The van der Waals surface area contributed by atoms with Gasteiger partial charge in [0.1, 0.15) is 17.4 Å². The molecule has 1 unspecified atom stereocenters. The largest absolute Gasteiger partial charge is 0.443 e. The highest BCUT2D eigenvalue weighted by Crippen LogP contribution is 2.27. The number of aromatic amines is 1. The van der Waals surface area contributed by atoms with E-state index >= 15 is 0 Å². The van der Waals surface area contributed by atoms with Gasteiger partial charge in [-0.2, -0.15) is 4.98 Å². The van der Waals surface area contributed by atoms with Gasteiger partial charge in [-0.05, 0) is 37.8 Å². The van der Waals surface area contributed by atoms with Crippen molar-refractivity contribution in [1.29, 1.82) is 0 Å². The molecule has 0 fully saturated rings. The van der Waals surface area contributed by atoms with Crippen LogP contribution in [-0.4, -0.2) is 15.0 Å². The maximum absolute atomic E-state index is 6.11. The summed E-state index contributed by atoms with van der Waals surface area (Å²) in [5, 5.41) is 5.48. The van der Waals surface area contributed by atoms with E-state index in [1.54, 1.807) is 0 Å². The molecule has 0 saturated carbocycles. The number of H-pyrrole nitrogens is 1. The van der Waals surface area contributed by atoms with E-state index in [0.29, 0.717) is 23.9 Å². The average molecular weight is 335 g/mol. The molecule has 1 aromatic carbocycles. The Kier molecular flexibility index (Phi) is 3.69. The number of hydrogen-bond acceptors (Lipinski definition) is 5. The number of hydrogen-bond donors (Lipinski definition) is 3. The Balaban J connectivity index is 1.59. The van der Waals surface area contributed by atoms with Crippen molar-refractivity contribution < 1.29 is 4.42 Å². The Hall–Kier alpha value is -2.86. The first kappa shape index (κ1) is 15.7. The van der Waals surface area contributed by atoms with Gasteiger partial charge in [0, 0.05) is 17.8 Å². The van der Waals surface area contributed by atoms with E-state index in [9.17, 15) is 0 Å². The van der Waals surface area contributed by atoms with E-state index in [0.717, 1.165) is 22.2 Å². The van der Waals surface area contributed by atoms with Crippen molar-refractivity contribution in [2.75, 3.05) is 5.73 Å². The fourth-order valence-electron chi connectivity index (χ4n) is 3.23. The van der Waals surface area contributed by atoms with Gasteiger partial charge in [0.15, 0.2) is 0 Å². The van der Waals surface area contributed by atoms with E-state index in [-0.39, 0.29) is 6.04 Å². The second kappa shape index (κ2) is 5.89. The Morgan fingerprint density at radius 1 is 1.24 bits per heavy atom. The predicted molar refractivity (Wildman–Crippen MR) is 99.2 cm³/mol. The summed E-state index contributed by atoms with van der Waals surface area (Å²) in [4.78, 5) is 12.2. The molecule has 0 aliphatic rings. The maximum Gasteiger partial charge on any atom is 0.231 e. The molecule has 0 bridgehead atoms. The Labute approximate surface area is 145 Å². The first-order valence-electron chi connectivity index (χ1n) is 8.36. The molecule has 4 aromatic rings. The fourth-order valence-corrected chi connectivity index (χ4v) is 3.23. The van der Waals surface area contributed by atoms with Gasteiger partial charge in [-0.15, -0.1) is 0 Å². The highest BCUT2D eigenvalue weighted by Gasteiger charge is 2.15. The van der Waals surface area contributed by atoms with Crippen LogP contribution in [0.3, 0.4) is 0 Å². The minimum Gasteiger partial charge on any atom is -0.443 e. The molecule has 4 N–H and O–H groups in total. The van der Waals surface area contributed by atoms with E-state index in [2.05, 4.69) is 51.5 Å². The number of nitrogens with one attached hydrogen (secondary N) is 2. The number of nitrogen functional groups attached to an aromatic ring is 1. The lowest BCUT2D eigenvalue weighted by atomic mass is 10.1. The maximum atomic E-state index is 6.11. The van der Waals surface area contributed by atoms with Gasteiger partial charge < -0.3 is 20.5 Å². The zero-order valence-corrected chi connectivity index (χ0v) is 14.6. The minimum atomic E-state index is 0.142. The topological polar surface area (TPSA) is 92.8 Å². The lowest BCUT2D eigenvalue weighted by molar-refractivity contribution is 0.545. The molecule has 6 nitrogen and oxygen atoms in total. The number of furan rings is 1. The van der Waals surface area contributed by atoms with Crippen molar-refractivity contribution in [2.24, 2.45) is 0 Å². The molecule has 0 amide bonds. The number of rotatable bonds is 4. The van der Waals surface area contributed by atoms with Crippen LogP contribution >= 0.6 is 0 Å². The molecule has 0 aliphatic carbocycles. The van der Waals surface area contributed by atoms with E-state index in [1.165, 1.54) is 10.9 Å². The Morgan fingerprint density at radius 3 is 2.92 bits per heavy atom. The van der Waals surface area contributed by atoms with Gasteiger partial charge in [0.25, 0.3) is 0 Å². The van der Waals surface area contributed by atoms with E-state index < -0.39 is 0 Å². The number of fused-ring (bicyclic) bond motifs is 2. The molecule has 4 rings (SSSR count). The van der Waals surface area contributed by atoms with Crippen molar-refractivity contribution in [3.8, 4) is 0 Å². The number of aromatic nitrogens is 3. The standard InChI is InChI=1S/C19H21N5O/c1-10-12(3)25-19-16(10)18(20)23-15(24-19)9-22-11(2)14-6-4-5-13-7-8-21-17(13)14/h4-8,11,21-22H,9H2,1-3H3,(H2,20,23,24). The summed E-state index contributed by atoms with van der Waals surface area (Å²) in [6, 6.07) is 8.50. The molecule has 3 aromatic heterocycles. The van der Waals surface area contributed by atoms with Crippen LogP contribution in [-0.2, 0) is 6.54 Å². The van der Waals surface area contributed by atoms with Crippen LogP contribution in [0.25, 0.3) is 22.0 Å². The molecule has 3 heterocycles. The first-order chi connectivity index (χ1) is 12.0. The number of benzene rings is 1. The van der Waals surface area contributed by atoms with Crippen molar-refractivity contribution in [1.82, 2.24) is 20.3 Å². The zero-order chi connectivity index (χ0) is 17.6. The summed E-state index contributed by atoms with van der Waals surface area (Å²) >= 11 is 0. The molecule has 0 saturated heterocycles. The van der Waals surface area contributed by atoms with Gasteiger partial charge >= 0.3 is 0 Å². The summed E-state index contributed by atoms with van der Waals surface area (Å²) < 4.78 is 5.69. The highest BCUT2D eigenvalue weighted by molar-refractivity contribution is 5.88. The van der Waals surface area contributed by atoms with Crippen LogP contribution in [0.15, 0.2) is 34.9 Å². The van der Waals surface area contributed by atoms with Crippen molar-refractivity contribution >= 4 is 27.8 Å². The van der Waals surface area contributed by atoms with Crippen LogP contribution in [0.5, 0.6) is 0 Å². The van der Waals surface area contributed by atoms with Crippen LogP contribution < -0.4 is 11.1 Å². The van der Waals surface area contributed by atoms with Gasteiger partial charge in [-0.1, -0.05) is 18.2 Å². The smallest absolute Gasteiger partial charge is 0.231 e. The van der Waals surface area contributed by atoms with Crippen molar-refractivity contribution in [2.45, 2.75) is 33.4 Å². The molecule has 128 valence electrons. The monoisotopic (exact) mass is 335 g/mol. The summed E-state index contributed by atoms with van der Waals surface area (Å²) in [6.07, 6.45) is 1.96. The van der Waals surface area contributed by atoms with Crippen molar-refractivity contribution in [3.63, 3.8) is 0 Å².